The topological polar surface area (TPSA) is 52.6 Å². The molecule has 0 atom stereocenters. The van der Waals surface area contributed by atoms with Crippen molar-refractivity contribution in [1.82, 2.24) is 0 Å². The van der Waals surface area contributed by atoms with Gasteiger partial charge in [0.05, 0.1) is 13.2 Å². The van der Waals surface area contributed by atoms with Gasteiger partial charge in [0.1, 0.15) is 0 Å². The predicted molar refractivity (Wildman–Crippen MR) is 86.7 cm³/mol. The molecule has 0 aromatic carbocycles. The summed E-state index contributed by atoms with van der Waals surface area (Å²) in [5.41, 5.74) is 0.472. The molecule has 0 amide bonds. The Morgan fingerprint density at radius 1 is 0.913 bits per heavy atom. The van der Waals surface area contributed by atoms with E-state index in [1.165, 1.54) is 38.5 Å². The Labute approximate surface area is 139 Å². The summed E-state index contributed by atoms with van der Waals surface area (Å²) in [6.07, 6.45) is 10.6. The minimum absolute atomic E-state index is 0.168. The average molecular weight is 322 g/mol. The first-order chi connectivity index (χ1) is 11.1. The van der Waals surface area contributed by atoms with E-state index < -0.39 is 0 Å². The zero-order valence-electron chi connectivity index (χ0n) is 14.4. The Bertz CT molecular complexity index is 407. The van der Waals surface area contributed by atoms with Crippen LogP contribution in [0, 0.1) is 23.2 Å². The lowest BCUT2D eigenvalue weighted by Gasteiger charge is -2.57. The van der Waals surface area contributed by atoms with E-state index in [0.29, 0.717) is 37.9 Å². The van der Waals surface area contributed by atoms with Crippen molar-refractivity contribution in [1.29, 1.82) is 0 Å². The molecule has 0 aromatic heterocycles. The normalized spacial score (nSPS) is 34.4. The molecule has 4 bridgehead atoms. The molecule has 0 aromatic rings. The van der Waals surface area contributed by atoms with Gasteiger partial charge in [-0.3, -0.25) is 9.59 Å². The van der Waals surface area contributed by atoms with Gasteiger partial charge in [-0.15, -0.1) is 0 Å². The lowest BCUT2D eigenvalue weighted by atomic mass is 9.49. The summed E-state index contributed by atoms with van der Waals surface area (Å²) >= 11 is 0. The van der Waals surface area contributed by atoms with Gasteiger partial charge in [0.2, 0.25) is 0 Å². The highest BCUT2D eigenvalue weighted by atomic mass is 16.5. The molecule has 4 aliphatic carbocycles. The minimum atomic E-state index is -0.228. The van der Waals surface area contributed by atoms with Crippen LogP contribution in [0.4, 0.5) is 0 Å². The largest absolute Gasteiger partial charge is 0.466 e. The molecule has 0 saturated heterocycles. The van der Waals surface area contributed by atoms with E-state index in [-0.39, 0.29) is 11.9 Å². The average Bonchev–Trinajstić information content (AvgIpc) is 2.45. The van der Waals surface area contributed by atoms with Crippen LogP contribution >= 0.6 is 0 Å². The summed E-state index contributed by atoms with van der Waals surface area (Å²) in [4.78, 5) is 23.0. The Morgan fingerprint density at radius 3 is 1.96 bits per heavy atom. The lowest BCUT2D eigenvalue weighted by molar-refractivity contribution is -0.146. The van der Waals surface area contributed by atoms with Crippen LogP contribution in [-0.4, -0.2) is 25.2 Å². The number of rotatable bonds is 8. The molecule has 4 aliphatic rings. The molecule has 0 radical (unpaired) electrons. The van der Waals surface area contributed by atoms with E-state index in [4.69, 9.17) is 9.47 Å². The molecule has 4 rings (SSSR count). The van der Waals surface area contributed by atoms with Gasteiger partial charge in [-0.05, 0) is 81.5 Å². The van der Waals surface area contributed by atoms with Gasteiger partial charge in [-0.2, -0.15) is 0 Å². The van der Waals surface area contributed by atoms with Crippen LogP contribution in [0.1, 0.15) is 71.1 Å². The molecule has 4 heteroatoms. The maximum atomic E-state index is 11.8. The molecule has 0 unspecified atom stereocenters. The van der Waals surface area contributed by atoms with Crippen molar-refractivity contribution >= 4 is 11.9 Å². The highest BCUT2D eigenvalue weighted by molar-refractivity contribution is 5.72. The van der Waals surface area contributed by atoms with Crippen molar-refractivity contribution in [2.24, 2.45) is 23.2 Å². The van der Waals surface area contributed by atoms with Crippen LogP contribution in [0.25, 0.3) is 0 Å². The standard InChI is InChI=1S/C19H30O4/c1-2-22-17(20)4-3-5-18(21)23-7-6-19-11-14-8-15(12-19)10-16(9-14)13-19/h14-16H,2-13H2,1H3. The second-order valence-electron chi connectivity index (χ2n) is 8.05. The highest BCUT2D eigenvalue weighted by Crippen LogP contribution is 2.61. The molecule has 0 heterocycles. The van der Waals surface area contributed by atoms with E-state index in [2.05, 4.69) is 0 Å². The Hall–Kier alpha value is -1.06. The molecule has 4 fully saturated rings. The molecule has 0 aliphatic heterocycles. The van der Waals surface area contributed by atoms with Gasteiger partial charge >= 0.3 is 11.9 Å². The molecule has 0 spiro atoms. The smallest absolute Gasteiger partial charge is 0.305 e. The van der Waals surface area contributed by atoms with Crippen LogP contribution in [0.15, 0.2) is 0 Å². The quantitative estimate of drug-likeness (QED) is 0.637. The van der Waals surface area contributed by atoms with Crippen LogP contribution in [0.5, 0.6) is 0 Å². The Kier molecular flexibility index (Phi) is 5.27. The van der Waals surface area contributed by atoms with Crippen LogP contribution in [-0.2, 0) is 19.1 Å². The first-order valence-corrected chi connectivity index (χ1v) is 9.40. The van der Waals surface area contributed by atoms with Gasteiger partial charge in [-0.1, -0.05) is 0 Å². The molecular formula is C19H30O4. The minimum Gasteiger partial charge on any atom is -0.466 e. The van der Waals surface area contributed by atoms with E-state index in [1.54, 1.807) is 6.92 Å². The van der Waals surface area contributed by atoms with Crippen molar-refractivity contribution in [3.63, 3.8) is 0 Å². The fraction of sp³-hybridized carbons (Fsp3) is 0.895. The summed E-state index contributed by atoms with van der Waals surface area (Å²) in [5.74, 6) is 2.44. The van der Waals surface area contributed by atoms with Gasteiger partial charge in [-0.25, -0.2) is 0 Å². The van der Waals surface area contributed by atoms with Gasteiger partial charge in [0.25, 0.3) is 0 Å². The van der Waals surface area contributed by atoms with Crippen molar-refractivity contribution in [2.75, 3.05) is 13.2 Å². The van der Waals surface area contributed by atoms with Crippen molar-refractivity contribution in [2.45, 2.75) is 71.1 Å². The van der Waals surface area contributed by atoms with Crippen LogP contribution in [0.3, 0.4) is 0 Å². The zero-order valence-corrected chi connectivity index (χ0v) is 14.4. The molecule has 23 heavy (non-hydrogen) atoms. The first kappa shape index (κ1) is 16.8. The van der Waals surface area contributed by atoms with E-state index >= 15 is 0 Å². The third-order valence-electron chi connectivity index (χ3n) is 6.13. The summed E-state index contributed by atoms with van der Waals surface area (Å²) < 4.78 is 10.3. The molecule has 130 valence electrons. The van der Waals surface area contributed by atoms with Gasteiger partial charge in [0.15, 0.2) is 0 Å². The third-order valence-corrected chi connectivity index (χ3v) is 6.13. The maximum Gasteiger partial charge on any atom is 0.305 e. The number of hydrogen-bond acceptors (Lipinski definition) is 4. The van der Waals surface area contributed by atoms with Crippen molar-refractivity contribution in [3.05, 3.63) is 0 Å². The van der Waals surface area contributed by atoms with E-state index in [1.807, 2.05) is 0 Å². The number of esters is 2. The summed E-state index contributed by atoms with van der Waals surface area (Å²) in [5, 5.41) is 0. The SMILES string of the molecule is CCOC(=O)CCCC(=O)OCCC12CC3CC(CC(C3)C1)C2. The first-order valence-electron chi connectivity index (χ1n) is 9.40. The Morgan fingerprint density at radius 2 is 1.43 bits per heavy atom. The van der Waals surface area contributed by atoms with E-state index in [9.17, 15) is 9.59 Å². The Balaban J connectivity index is 1.33. The van der Waals surface area contributed by atoms with Crippen LogP contribution < -0.4 is 0 Å². The molecule has 0 N–H and O–H groups in total. The van der Waals surface area contributed by atoms with Crippen LogP contribution in [0.2, 0.25) is 0 Å². The third kappa shape index (κ3) is 4.27. The summed E-state index contributed by atoms with van der Waals surface area (Å²) in [6, 6.07) is 0. The van der Waals surface area contributed by atoms with Gasteiger partial charge in [0, 0.05) is 12.8 Å². The zero-order chi connectivity index (χ0) is 16.3. The number of carbonyl (C=O) groups excluding carboxylic acids is 2. The van der Waals surface area contributed by atoms with Crippen molar-refractivity contribution < 1.29 is 19.1 Å². The second-order valence-corrected chi connectivity index (χ2v) is 8.05. The number of ether oxygens (including phenoxy) is 2. The van der Waals surface area contributed by atoms with Crippen molar-refractivity contribution in [3.8, 4) is 0 Å². The highest BCUT2D eigenvalue weighted by Gasteiger charge is 2.50. The second kappa shape index (κ2) is 7.23. The summed E-state index contributed by atoms with van der Waals surface area (Å²) in [7, 11) is 0. The monoisotopic (exact) mass is 322 g/mol. The molecule has 4 nitrogen and oxygen atoms in total. The summed E-state index contributed by atoms with van der Waals surface area (Å²) in [6.45, 7) is 2.75. The maximum absolute atomic E-state index is 11.8. The number of hydrogen-bond donors (Lipinski definition) is 0. The fourth-order valence-corrected chi connectivity index (χ4v) is 5.66. The number of carbonyl (C=O) groups is 2. The molecular weight excluding hydrogens is 292 g/mol. The predicted octanol–water partition coefficient (Wildman–Crippen LogP) is 3.87. The lowest BCUT2D eigenvalue weighted by Crippen LogP contribution is -2.46. The molecule has 4 saturated carbocycles. The fourth-order valence-electron chi connectivity index (χ4n) is 5.66. The van der Waals surface area contributed by atoms with Gasteiger partial charge < -0.3 is 9.47 Å². The van der Waals surface area contributed by atoms with E-state index in [0.717, 1.165) is 24.2 Å².